The van der Waals surface area contributed by atoms with Crippen LogP contribution in [0.4, 0.5) is 0 Å². The maximum absolute atomic E-state index is 10.9. The van der Waals surface area contributed by atoms with Gasteiger partial charge in [-0.05, 0) is 30.9 Å². The number of rotatable bonds is 1. The first-order valence-corrected chi connectivity index (χ1v) is 4.77. The highest BCUT2D eigenvalue weighted by atomic mass is 16.5. The summed E-state index contributed by atoms with van der Waals surface area (Å²) < 4.78 is 5.46. The van der Waals surface area contributed by atoms with Gasteiger partial charge in [-0.1, -0.05) is 12.1 Å². The average Bonchev–Trinajstić information content (AvgIpc) is 2.41. The van der Waals surface area contributed by atoms with Crippen molar-refractivity contribution in [3.63, 3.8) is 0 Å². The van der Waals surface area contributed by atoms with Crippen molar-refractivity contribution in [3.8, 4) is 5.75 Å². The van der Waals surface area contributed by atoms with Crippen LogP contribution in [0.1, 0.15) is 28.8 Å². The number of aromatic carboxylic acids is 1. The van der Waals surface area contributed by atoms with Crippen LogP contribution in [0.3, 0.4) is 0 Å². The summed E-state index contributed by atoms with van der Waals surface area (Å²) >= 11 is 0. The van der Waals surface area contributed by atoms with Crippen molar-refractivity contribution < 1.29 is 14.6 Å². The van der Waals surface area contributed by atoms with Gasteiger partial charge in [-0.3, -0.25) is 0 Å². The first-order valence-electron chi connectivity index (χ1n) is 4.77. The lowest BCUT2D eigenvalue weighted by molar-refractivity contribution is 0.0692. The number of ether oxygens (including phenoxy) is 1. The molecule has 14 heavy (non-hydrogen) atoms. The van der Waals surface area contributed by atoms with Crippen molar-refractivity contribution in [1.82, 2.24) is 0 Å². The molecule has 2 rings (SSSR count). The number of hydrogen-bond donors (Lipinski definition) is 1. The highest BCUT2D eigenvalue weighted by Crippen LogP contribution is 2.28. The summed E-state index contributed by atoms with van der Waals surface area (Å²) in [5.41, 5.74) is 1.30. The molecule has 0 aromatic heterocycles. The Bertz CT molecular complexity index is 358. The van der Waals surface area contributed by atoms with Gasteiger partial charge in [0.1, 0.15) is 11.3 Å². The molecule has 1 aromatic rings. The van der Waals surface area contributed by atoms with Crippen LogP contribution < -0.4 is 4.74 Å². The Hall–Kier alpha value is -1.51. The van der Waals surface area contributed by atoms with Gasteiger partial charge in [0.25, 0.3) is 0 Å². The van der Waals surface area contributed by atoms with Gasteiger partial charge >= 0.3 is 5.97 Å². The van der Waals surface area contributed by atoms with Gasteiger partial charge < -0.3 is 9.84 Å². The molecule has 3 nitrogen and oxygen atoms in total. The van der Waals surface area contributed by atoms with Gasteiger partial charge in [-0.25, -0.2) is 4.79 Å². The van der Waals surface area contributed by atoms with Gasteiger partial charge in [-0.15, -0.1) is 0 Å². The van der Waals surface area contributed by atoms with Gasteiger partial charge in [0, 0.05) is 0 Å². The van der Waals surface area contributed by atoms with Gasteiger partial charge in [0.05, 0.1) is 6.61 Å². The monoisotopic (exact) mass is 192 g/mol. The van der Waals surface area contributed by atoms with Crippen LogP contribution in [-0.4, -0.2) is 17.7 Å². The molecule has 0 radical (unpaired) electrons. The number of fused-ring (bicyclic) bond motifs is 1. The maximum atomic E-state index is 10.9. The second kappa shape index (κ2) is 3.70. The van der Waals surface area contributed by atoms with Crippen molar-refractivity contribution in [2.45, 2.75) is 19.3 Å². The van der Waals surface area contributed by atoms with E-state index < -0.39 is 5.97 Å². The molecule has 0 saturated heterocycles. The topological polar surface area (TPSA) is 46.5 Å². The summed E-state index contributed by atoms with van der Waals surface area (Å²) in [6.45, 7) is 0.622. The number of benzene rings is 1. The summed E-state index contributed by atoms with van der Waals surface area (Å²) in [7, 11) is 0. The summed E-state index contributed by atoms with van der Waals surface area (Å²) in [4.78, 5) is 10.9. The number of carbonyl (C=O) groups is 1. The van der Waals surface area contributed by atoms with E-state index in [4.69, 9.17) is 9.84 Å². The van der Waals surface area contributed by atoms with E-state index in [0.717, 1.165) is 24.8 Å². The van der Waals surface area contributed by atoms with Crippen molar-refractivity contribution >= 4 is 5.97 Å². The standard InChI is InChI=1S/C11H12O3/c12-11(13)9-6-3-5-8-4-1-2-7-14-10(8)9/h3,5-6H,1-2,4,7H2,(H,12,13). The zero-order valence-electron chi connectivity index (χ0n) is 7.82. The molecular weight excluding hydrogens is 180 g/mol. The first-order chi connectivity index (χ1) is 6.79. The van der Waals surface area contributed by atoms with Crippen LogP contribution in [-0.2, 0) is 6.42 Å². The van der Waals surface area contributed by atoms with Crippen molar-refractivity contribution in [2.75, 3.05) is 6.61 Å². The molecule has 3 heteroatoms. The van der Waals surface area contributed by atoms with Crippen molar-refractivity contribution in [2.24, 2.45) is 0 Å². The molecule has 0 unspecified atom stereocenters. The third-order valence-electron chi connectivity index (χ3n) is 2.41. The van der Waals surface area contributed by atoms with Crippen LogP contribution in [0.15, 0.2) is 18.2 Å². The molecule has 0 saturated carbocycles. The van der Waals surface area contributed by atoms with Crippen LogP contribution in [0.2, 0.25) is 0 Å². The van der Waals surface area contributed by atoms with E-state index in [-0.39, 0.29) is 5.56 Å². The molecule has 0 bridgehead atoms. The SMILES string of the molecule is O=C(O)c1cccc2c1OCCCC2. The lowest BCUT2D eigenvalue weighted by Gasteiger charge is -2.09. The van der Waals surface area contributed by atoms with Crippen LogP contribution in [0.25, 0.3) is 0 Å². The van der Waals surface area contributed by atoms with E-state index in [1.165, 1.54) is 0 Å². The van der Waals surface area contributed by atoms with E-state index >= 15 is 0 Å². The van der Waals surface area contributed by atoms with Crippen LogP contribution in [0, 0.1) is 0 Å². The fraction of sp³-hybridized carbons (Fsp3) is 0.364. The lowest BCUT2D eigenvalue weighted by atomic mass is 10.0. The second-order valence-electron chi connectivity index (χ2n) is 3.40. The Labute approximate surface area is 82.3 Å². The number of aryl methyl sites for hydroxylation is 1. The highest BCUT2D eigenvalue weighted by molar-refractivity contribution is 5.91. The van der Waals surface area contributed by atoms with Gasteiger partial charge in [0.15, 0.2) is 0 Å². The summed E-state index contributed by atoms with van der Waals surface area (Å²) in [6.07, 6.45) is 2.97. The molecule has 0 atom stereocenters. The minimum absolute atomic E-state index is 0.282. The minimum Gasteiger partial charge on any atom is -0.492 e. The maximum Gasteiger partial charge on any atom is 0.339 e. The number of para-hydroxylation sites is 1. The Morgan fingerprint density at radius 2 is 2.21 bits per heavy atom. The summed E-state index contributed by atoms with van der Waals surface area (Å²) in [6, 6.07) is 5.30. The van der Waals surface area contributed by atoms with E-state index in [1.807, 2.05) is 6.07 Å². The molecule has 1 N–H and O–H groups in total. The fourth-order valence-corrected chi connectivity index (χ4v) is 1.71. The van der Waals surface area contributed by atoms with Gasteiger partial charge in [0.2, 0.25) is 0 Å². The molecule has 1 heterocycles. The Morgan fingerprint density at radius 3 is 3.00 bits per heavy atom. The highest BCUT2D eigenvalue weighted by Gasteiger charge is 2.16. The van der Waals surface area contributed by atoms with Crippen LogP contribution >= 0.6 is 0 Å². The molecule has 0 aliphatic carbocycles. The largest absolute Gasteiger partial charge is 0.492 e. The van der Waals surface area contributed by atoms with E-state index in [0.29, 0.717) is 12.4 Å². The molecule has 74 valence electrons. The average molecular weight is 192 g/mol. The van der Waals surface area contributed by atoms with E-state index in [9.17, 15) is 4.79 Å². The normalized spacial score (nSPS) is 15.1. The summed E-state index contributed by atoms with van der Waals surface area (Å²) in [5.74, 6) is -0.346. The zero-order chi connectivity index (χ0) is 9.97. The minimum atomic E-state index is -0.913. The zero-order valence-corrected chi connectivity index (χ0v) is 7.82. The predicted octanol–water partition coefficient (Wildman–Crippen LogP) is 2.10. The smallest absolute Gasteiger partial charge is 0.339 e. The molecule has 0 spiro atoms. The molecule has 1 aliphatic rings. The summed E-state index contributed by atoms with van der Waals surface area (Å²) in [5, 5.41) is 8.95. The Kier molecular flexibility index (Phi) is 2.39. The predicted molar refractivity (Wildman–Crippen MR) is 51.8 cm³/mol. The van der Waals surface area contributed by atoms with E-state index in [1.54, 1.807) is 12.1 Å². The fourth-order valence-electron chi connectivity index (χ4n) is 1.71. The second-order valence-corrected chi connectivity index (χ2v) is 3.40. The van der Waals surface area contributed by atoms with Gasteiger partial charge in [-0.2, -0.15) is 0 Å². The number of carboxylic acids is 1. The number of carboxylic acid groups (broad SMARTS) is 1. The Morgan fingerprint density at radius 1 is 1.36 bits per heavy atom. The van der Waals surface area contributed by atoms with Crippen molar-refractivity contribution in [1.29, 1.82) is 0 Å². The molecule has 0 amide bonds. The third kappa shape index (κ3) is 1.58. The lowest BCUT2D eigenvalue weighted by Crippen LogP contribution is -2.04. The first kappa shape index (κ1) is 9.06. The molecule has 0 fully saturated rings. The van der Waals surface area contributed by atoms with Crippen LogP contribution in [0.5, 0.6) is 5.75 Å². The Balaban J connectivity index is 2.47. The number of hydrogen-bond acceptors (Lipinski definition) is 2. The third-order valence-corrected chi connectivity index (χ3v) is 2.41. The molecule has 1 aromatic carbocycles. The quantitative estimate of drug-likeness (QED) is 0.741. The van der Waals surface area contributed by atoms with E-state index in [2.05, 4.69) is 0 Å². The molecule has 1 aliphatic heterocycles. The van der Waals surface area contributed by atoms with Crippen molar-refractivity contribution in [3.05, 3.63) is 29.3 Å². The molecular formula is C11H12O3.